The molecule has 2 aromatic carbocycles. The van der Waals surface area contributed by atoms with Gasteiger partial charge in [0.2, 0.25) is 0 Å². The van der Waals surface area contributed by atoms with Crippen molar-refractivity contribution in [1.82, 2.24) is 0 Å². The van der Waals surface area contributed by atoms with E-state index in [9.17, 15) is 0 Å². The van der Waals surface area contributed by atoms with Gasteiger partial charge >= 0.3 is 0 Å². The summed E-state index contributed by atoms with van der Waals surface area (Å²) in [4.78, 5) is 0. The van der Waals surface area contributed by atoms with E-state index in [1.807, 2.05) is 72.8 Å². The minimum absolute atomic E-state index is 0. The highest BCUT2D eigenvalue weighted by Gasteiger charge is 1.76. The molecule has 0 heterocycles. The lowest BCUT2D eigenvalue weighted by atomic mass is 10.2. The van der Waals surface area contributed by atoms with Gasteiger partial charge in [-0.25, -0.2) is 0 Å². The molecular formula is C16H17Cl. The number of benzene rings is 2. The maximum atomic E-state index is 3.63. The van der Waals surface area contributed by atoms with Crippen LogP contribution in [-0.4, -0.2) is 0 Å². The van der Waals surface area contributed by atoms with Crippen LogP contribution in [-0.2, 0) is 0 Å². The van der Waals surface area contributed by atoms with Gasteiger partial charge in [-0.1, -0.05) is 86.0 Å². The Labute approximate surface area is 110 Å². The van der Waals surface area contributed by atoms with Crippen molar-refractivity contribution >= 4 is 24.6 Å². The third kappa shape index (κ3) is 6.39. The minimum Gasteiger partial charge on any atom is -0.147 e. The molecule has 0 radical (unpaired) electrons. The van der Waals surface area contributed by atoms with E-state index in [2.05, 4.69) is 13.2 Å². The van der Waals surface area contributed by atoms with E-state index in [1.54, 1.807) is 0 Å². The van der Waals surface area contributed by atoms with Gasteiger partial charge in [0.1, 0.15) is 0 Å². The van der Waals surface area contributed by atoms with Crippen molar-refractivity contribution in [2.45, 2.75) is 0 Å². The van der Waals surface area contributed by atoms with Gasteiger partial charge in [-0.05, 0) is 11.1 Å². The Balaban J connectivity index is 0.000000284. The van der Waals surface area contributed by atoms with Crippen LogP contribution in [0.1, 0.15) is 11.1 Å². The van der Waals surface area contributed by atoms with Crippen LogP contribution < -0.4 is 0 Å². The third-order valence-corrected chi connectivity index (χ3v) is 2.07. The molecule has 0 bridgehead atoms. The van der Waals surface area contributed by atoms with Crippen molar-refractivity contribution in [2.24, 2.45) is 0 Å². The molecule has 0 saturated carbocycles. The van der Waals surface area contributed by atoms with Crippen molar-refractivity contribution in [3.63, 3.8) is 0 Å². The SMILES string of the molecule is C=Cc1ccccc1.C=Cc1ccccc1.Cl. The summed E-state index contributed by atoms with van der Waals surface area (Å²) in [6, 6.07) is 20.1. The van der Waals surface area contributed by atoms with E-state index < -0.39 is 0 Å². The summed E-state index contributed by atoms with van der Waals surface area (Å²) >= 11 is 0. The molecule has 0 saturated heterocycles. The lowest BCUT2D eigenvalue weighted by Crippen LogP contribution is -1.63. The van der Waals surface area contributed by atoms with Crippen LogP contribution in [0.3, 0.4) is 0 Å². The molecule has 0 aromatic heterocycles. The molecule has 2 rings (SSSR count). The van der Waals surface area contributed by atoms with Crippen LogP contribution in [0.15, 0.2) is 73.8 Å². The van der Waals surface area contributed by atoms with Crippen LogP contribution >= 0.6 is 12.4 Å². The zero-order chi connectivity index (χ0) is 11.6. The van der Waals surface area contributed by atoms with Crippen molar-refractivity contribution < 1.29 is 0 Å². The fraction of sp³-hybridized carbons (Fsp3) is 0. The third-order valence-electron chi connectivity index (χ3n) is 2.07. The fourth-order valence-corrected chi connectivity index (χ4v) is 1.18. The fourth-order valence-electron chi connectivity index (χ4n) is 1.18. The highest BCUT2D eigenvalue weighted by molar-refractivity contribution is 5.85. The quantitative estimate of drug-likeness (QED) is 0.691. The van der Waals surface area contributed by atoms with E-state index in [0.29, 0.717) is 0 Å². The zero-order valence-corrected chi connectivity index (χ0v) is 10.6. The van der Waals surface area contributed by atoms with Gasteiger partial charge in [-0.2, -0.15) is 0 Å². The molecule has 0 spiro atoms. The predicted octanol–water partition coefficient (Wildman–Crippen LogP) is 5.08. The first-order valence-corrected chi connectivity index (χ1v) is 5.22. The number of hydrogen-bond donors (Lipinski definition) is 0. The molecule has 17 heavy (non-hydrogen) atoms. The molecule has 2 aromatic rings. The average Bonchev–Trinajstić information content (AvgIpc) is 2.41. The molecule has 0 fully saturated rings. The van der Waals surface area contributed by atoms with E-state index >= 15 is 0 Å². The Morgan fingerprint density at radius 2 is 0.882 bits per heavy atom. The summed E-state index contributed by atoms with van der Waals surface area (Å²) in [5, 5.41) is 0. The zero-order valence-electron chi connectivity index (χ0n) is 9.75. The number of halogens is 1. The summed E-state index contributed by atoms with van der Waals surface area (Å²) in [6.45, 7) is 7.26. The monoisotopic (exact) mass is 244 g/mol. The lowest BCUT2D eigenvalue weighted by Gasteiger charge is -1.85. The minimum atomic E-state index is 0. The van der Waals surface area contributed by atoms with Gasteiger partial charge in [-0.15, -0.1) is 12.4 Å². The standard InChI is InChI=1S/2C8H8.ClH/c2*1-2-8-6-4-3-5-7-8;/h2*2-7H,1H2;1H. The molecule has 0 amide bonds. The topological polar surface area (TPSA) is 0 Å². The summed E-state index contributed by atoms with van der Waals surface area (Å²) in [6.07, 6.45) is 3.67. The van der Waals surface area contributed by atoms with Crippen LogP contribution in [0.5, 0.6) is 0 Å². The Hall–Kier alpha value is -1.79. The molecule has 0 atom stereocenters. The van der Waals surface area contributed by atoms with E-state index in [4.69, 9.17) is 0 Å². The lowest BCUT2D eigenvalue weighted by molar-refractivity contribution is 1.67. The maximum Gasteiger partial charge on any atom is -0.0263 e. The molecule has 88 valence electrons. The molecule has 0 aliphatic rings. The molecule has 0 nitrogen and oxygen atoms in total. The van der Waals surface area contributed by atoms with Crippen LogP contribution in [0.2, 0.25) is 0 Å². The Morgan fingerprint density at radius 1 is 0.588 bits per heavy atom. The molecule has 0 aliphatic carbocycles. The van der Waals surface area contributed by atoms with Crippen molar-refractivity contribution in [1.29, 1.82) is 0 Å². The van der Waals surface area contributed by atoms with Gasteiger partial charge in [-0.3, -0.25) is 0 Å². The van der Waals surface area contributed by atoms with E-state index in [-0.39, 0.29) is 12.4 Å². The molecule has 1 heteroatoms. The van der Waals surface area contributed by atoms with Gasteiger partial charge in [0.15, 0.2) is 0 Å². The van der Waals surface area contributed by atoms with Crippen LogP contribution in [0.4, 0.5) is 0 Å². The summed E-state index contributed by atoms with van der Waals surface area (Å²) in [7, 11) is 0. The molecule has 0 aliphatic heterocycles. The van der Waals surface area contributed by atoms with Gasteiger partial charge < -0.3 is 0 Å². The first-order valence-electron chi connectivity index (χ1n) is 5.22. The number of hydrogen-bond acceptors (Lipinski definition) is 0. The first-order chi connectivity index (χ1) is 7.86. The van der Waals surface area contributed by atoms with Crippen molar-refractivity contribution in [3.8, 4) is 0 Å². The largest absolute Gasteiger partial charge is 0.147 e. The second-order valence-corrected chi connectivity index (χ2v) is 3.23. The highest BCUT2D eigenvalue weighted by Crippen LogP contribution is 1.98. The Morgan fingerprint density at radius 3 is 1.06 bits per heavy atom. The molecule has 0 N–H and O–H groups in total. The van der Waals surface area contributed by atoms with Crippen molar-refractivity contribution in [2.75, 3.05) is 0 Å². The second-order valence-electron chi connectivity index (χ2n) is 3.23. The number of rotatable bonds is 2. The average molecular weight is 245 g/mol. The van der Waals surface area contributed by atoms with Crippen LogP contribution in [0, 0.1) is 0 Å². The van der Waals surface area contributed by atoms with Gasteiger partial charge in [0.05, 0.1) is 0 Å². The Bertz CT molecular complexity index is 374. The first kappa shape index (κ1) is 15.2. The predicted molar refractivity (Wildman–Crippen MR) is 80.3 cm³/mol. The maximum absolute atomic E-state index is 3.63. The smallest absolute Gasteiger partial charge is 0.0263 e. The summed E-state index contributed by atoms with van der Waals surface area (Å²) in [5.41, 5.74) is 2.35. The normalized spacial score (nSPS) is 8.00. The summed E-state index contributed by atoms with van der Waals surface area (Å²) in [5.74, 6) is 0. The second kappa shape index (κ2) is 9.44. The van der Waals surface area contributed by atoms with Gasteiger partial charge in [0.25, 0.3) is 0 Å². The van der Waals surface area contributed by atoms with E-state index in [1.165, 1.54) is 11.1 Å². The van der Waals surface area contributed by atoms with Crippen LogP contribution in [0.25, 0.3) is 12.2 Å². The van der Waals surface area contributed by atoms with E-state index in [0.717, 1.165) is 0 Å². The summed E-state index contributed by atoms with van der Waals surface area (Å²) < 4.78 is 0. The Kier molecular flexibility index (Phi) is 8.44. The molecule has 0 unspecified atom stereocenters. The highest BCUT2D eigenvalue weighted by atomic mass is 35.5. The molecular weight excluding hydrogens is 228 g/mol. The van der Waals surface area contributed by atoms with Crippen molar-refractivity contribution in [3.05, 3.63) is 84.9 Å². The van der Waals surface area contributed by atoms with Gasteiger partial charge in [0, 0.05) is 0 Å².